The van der Waals surface area contributed by atoms with Crippen LogP contribution in [-0.2, 0) is 0 Å². The number of amides is 1. The maximum Gasteiger partial charge on any atom is 0.257 e. The zero-order valence-electron chi connectivity index (χ0n) is 17.0. The average Bonchev–Trinajstić information content (AvgIpc) is 2.79. The highest BCUT2D eigenvalue weighted by Crippen LogP contribution is 2.26. The molecule has 6 nitrogen and oxygen atoms in total. The van der Waals surface area contributed by atoms with Crippen molar-refractivity contribution in [2.45, 2.75) is 6.92 Å². The molecule has 1 fully saturated rings. The first-order valence-electron chi connectivity index (χ1n) is 9.82. The van der Waals surface area contributed by atoms with E-state index >= 15 is 0 Å². The molecule has 0 N–H and O–H groups in total. The molecule has 0 radical (unpaired) electrons. The molecule has 7 heteroatoms. The fourth-order valence-electron chi connectivity index (χ4n) is 3.63. The van der Waals surface area contributed by atoms with Crippen molar-refractivity contribution in [3.8, 4) is 17.0 Å². The minimum atomic E-state index is -0.0497. The highest BCUT2D eigenvalue weighted by Gasteiger charge is 2.25. The topological polar surface area (TPSA) is 58.6 Å². The minimum absolute atomic E-state index is 0.0497. The Morgan fingerprint density at radius 1 is 1.03 bits per heavy atom. The van der Waals surface area contributed by atoms with Crippen molar-refractivity contribution in [2.24, 2.45) is 0 Å². The zero-order chi connectivity index (χ0) is 21.1. The standard InChI is InChI=1S/C23H23ClN4O2/c1-16-4-3-5-17(12-16)20-14-22(26-15-25-20)27-8-10-28(11-9-27)23(29)19-7-6-18(24)13-21(19)30-2/h3-7,12-15H,8-11H2,1-2H3. The fraction of sp³-hybridized carbons (Fsp3) is 0.261. The van der Waals surface area contributed by atoms with E-state index in [1.807, 2.05) is 17.0 Å². The Labute approximate surface area is 181 Å². The number of aryl methyl sites for hydroxylation is 1. The lowest BCUT2D eigenvalue weighted by Crippen LogP contribution is -2.49. The number of piperazine rings is 1. The summed E-state index contributed by atoms with van der Waals surface area (Å²) in [6.45, 7) is 4.68. The molecule has 2 heterocycles. The third kappa shape index (κ3) is 4.24. The Hall–Kier alpha value is -3.12. The van der Waals surface area contributed by atoms with Gasteiger partial charge in [0.15, 0.2) is 0 Å². The molecule has 0 unspecified atom stereocenters. The number of benzene rings is 2. The molecule has 4 rings (SSSR count). The third-order valence-electron chi connectivity index (χ3n) is 5.25. The van der Waals surface area contributed by atoms with Crippen molar-refractivity contribution in [3.63, 3.8) is 0 Å². The fourth-order valence-corrected chi connectivity index (χ4v) is 3.80. The number of halogens is 1. The molecule has 0 aliphatic carbocycles. The minimum Gasteiger partial charge on any atom is -0.496 e. The third-order valence-corrected chi connectivity index (χ3v) is 5.49. The molecule has 30 heavy (non-hydrogen) atoms. The molecule has 1 aliphatic rings. The van der Waals surface area contributed by atoms with E-state index in [4.69, 9.17) is 16.3 Å². The van der Waals surface area contributed by atoms with E-state index < -0.39 is 0 Å². The van der Waals surface area contributed by atoms with Gasteiger partial charge in [-0.15, -0.1) is 0 Å². The lowest BCUT2D eigenvalue weighted by Gasteiger charge is -2.35. The maximum absolute atomic E-state index is 13.0. The van der Waals surface area contributed by atoms with E-state index in [1.165, 1.54) is 5.56 Å². The number of methoxy groups -OCH3 is 1. The molecular formula is C23H23ClN4O2. The van der Waals surface area contributed by atoms with Gasteiger partial charge in [0, 0.05) is 42.8 Å². The molecule has 1 amide bonds. The molecule has 154 valence electrons. The van der Waals surface area contributed by atoms with Gasteiger partial charge in [0.2, 0.25) is 0 Å². The van der Waals surface area contributed by atoms with Crippen LogP contribution in [0.25, 0.3) is 11.3 Å². The van der Waals surface area contributed by atoms with Gasteiger partial charge in [0.25, 0.3) is 5.91 Å². The summed E-state index contributed by atoms with van der Waals surface area (Å²) in [5, 5.41) is 0.543. The molecular weight excluding hydrogens is 400 g/mol. The second-order valence-corrected chi connectivity index (χ2v) is 7.69. The lowest BCUT2D eigenvalue weighted by molar-refractivity contribution is 0.0743. The van der Waals surface area contributed by atoms with Crippen LogP contribution in [0.4, 0.5) is 5.82 Å². The Morgan fingerprint density at radius 2 is 1.83 bits per heavy atom. The van der Waals surface area contributed by atoms with Crippen molar-refractivity contribution >= 4 is 23.3 Å². The van der Waals surface area contributed by atoms with Crippen LogP contribution in [0.1, 0.15) is 15.9 Å². The molecule has 1 aliphatic heterocycles. The zero-order valence-corrected chi connectivity index (χ0v) is 17.8. The van der Waals surface area contributed by atoms with Gasteiger partial charge in [-0.05, 0) is 31.2 Å². The molecule has 3 aromatic rings. The van der Waals surface area contributed by atoms with Crippen LogP contribution in [0.2, 0.25) is 5.02 Å². The highest BCUT2D eigenvalue weighted by atomic mass is 35.5. The summed E-state index contributed by atoms with van der Waals surface area (Å²) in [6, 6.07) is 15.4. The number of ether oxygens (including phenoxy) is 1. The van der Waals surface area contributed by atoms with Crippen LogP contribution in [0.15, 0.2) is 54.9 Å². The summed E-state index contributed by atoms with van der Waals surface area (Å²) in [5.41, 5.74) is 3.69. The van der Waals surface area contributed by atoms with Crippen molar-refractivity contribution in [1.29, 1.82) is 0 Å². The van der Waals surface area contributed by atoms with Gasteiger partial charge >= 0.3 is 0 Å². The van der Waals surface area contributed by atoms with E-state index in [0.29, 0.717) is 42.5 Å². The van der Waals surface area contributed by atoms with E-state index in [0.717, 1.165) is 17.1 Å². The van der Waals surface area contributed by atoms with Crippen molar-refractivity contribution in [1.82, 2.24) is 14.9 Å². The van der Waals surface area contributed by atoms with Crippen LogP contribution in [0, 0.1) is 6.92 Å². The smallest absolute Gasteiger partial charge is 0.257 e. The summed E-state index contributed by atoms with van der Waals surface area (Å²) in [4.78, 5) is 25.9. The summed E-state index contributed by atoms with van der Waals surface area (Å²) in [5.74, 6) is 1.32. The number of carbonyl (C=O) groups is 1. The number of hydrogen-bond acceptors (Lipinski definition) is 5. The normalized spacial score (nSPS) is 14.0. The monoisotopic (exact) mass is 422 g/mol. The molecule has 0 atom stereocenters. The van der Waals surface area contributed by atoms with Gasteiger partial charge in [-0.2, -0.15) is 0 Å². The van der Waals surface area contributed by atoms with Crippen LogP contribution in [0.3, 0.4) is 0 Å². The van der Waals surface area contributed by atoms with Crippen molar-refractivity contribution in [2.75, 3.05) is 38.2 Å². The molecule has 1 aromatic heterocycles. The first kappa shape index (κ1) is 20.2. The van der Waals surface area contributed by atoms with E-state index in [-0.39, 0.29) is 5.91 Å². The second-order valence-electron chi connectivity index (χ2n) is 7.25. The first-order valence-corrected chi connectivity index (χ1v) is 10.2. The Kier molecular flexibility index (Phi) is 5.86. The maximum atomic E-state index is 13.0. The van der Waals surface area contributed by atoms with E-state index in [2.05, 4.69) is 40.0 Å². The van der Waals surface area contributed by atoms with Crippen LogP contribution >= 0.6 is 11.6 Å². The number of rotatable bonds is 4. The predicted octanol–water partition coefficient (Wildman–Crippen LogP) is 4.08. The summed E-state index contributed by atoms with van der Waals surface area (Å²) >= 11 is 6.01. The van der Waals surface area contributed by atoms with Gasteiger partial charge in [0.05, 0.1) is 18.4 Å². The number of carbonyl (C=O) groups excluding carboxylic acids is 1. The first-order chi connectivity index (χ1) is 14.5. The summed E-state index contributed by atoms with van der Waals surface area (Å²) in [6.07, 6.45) is 1.60. The molecule has 0 spiro atoms. The number of nitrogens with zero attached hydrogens (tertiary/aromatic N) is 4. The largest absolute Gasteiger partial charge is 0.496 e. The molecule has 1 saturated heterocycles. The Morgan fingerprint density at radius 3 is 2.57 bits per heavy atom. The summed E-state index contributed by atoms with van der Waals surface area (Å²) in [7, 11) is 1.54. The van der Waals surface area contributed by atoms with Crippen LogP contribution in [0.5, 0.6) is 5.75 Å². The summed E-state index contributed by atoms with van der Waals surface area (Å²) < 4.78 is 5.33. The quantitative estimate of drug-likeness (QED) is 0.634. The molecule has 0 saturated carbocycles. The van der Waals surface area contributed by atoms with Crippen LogP contribution < -0.4 is 9.64 Å². The van der Waals surface area contributed by atoms with Crippen LogP contribution in [-0.4, -0.2) is 54.1 Å². The number of aromatic nitrogens is 2. The van der Waals surface area contributed by atoms with Gasteiger partial charge in [-0.25, -0.2) is 9.97 Å². The average molecular weight is 423 g/mol. The van der Waals surface area contributed by atoms with Crippen molar-refractivity contribution < 1.29 is 9.53 Å². The van der Waals surface area contributed by atoms with Gasteiger partial charge < -0.3 is 14.5 Å². The highest BCUT2D eigenvalue weighted by molar-refractivity contribution is 6.30. The Bertz CT molecular complexity index is 1060. The number of anilines is 1. The van der Waals surface area contributed by atoms with E-state index in [1.54, 1.807) is 31.6 Å². The lowest BCUT2D eigenvalue weighted by atomic mass is 10.1. The second kappa shape index (κ2) is 8.71. The predicted molar refractivity (Wildman–Crippen MR) is 118 cm³/mol. The SMILES string of the molecule is COc1cc(Cl)ccc1C(=O)N1CCN(c2cc(-c3cccc(C)c3)ncn2)CC1. The Balaban J connectivity index is 1.46. The number of hydrogen-bond donors (Lipinski definition) is 0. The van der Waals surface area contributed by atoms with E-state index in [9.17, 15) is 4.79 Å². The molecule has 2 aromatic carbocycles. The van der Waals surface area contributed by atoms with Crippen molar-refractivity contribution in [3.05, 3.63) is 71.0 Å². The van der Waals surface area contributed by atoms with Gasteiger partial charge in [-0.3, -0.25) is 4.79 Å². The molecule has 0 bridgehead atoms. The van der Waals surface area contributed by atoms with Gasteiger partial charge in [-0.1, -0.05) is 35.4 Å². The van der Waals surface area contributed by atoms with Gasteiger partial charge in [0.1, 0.15) is 17.9 Å².